The average molecular weight is 405 g/mol. The van der Waals surface area contributed by atoms with Crippen molar-refractivity contribution < 1.29 is 19.1 Å². The monoisotopic (exact) mass is 405 g/mol. The molecule has 2 aromatic heterocycles. The van der Waals surface area contributed by atoms with Crippen LogP contribution in [0.5, 0.6) is 0 Å². The smallest absolute Gasteiger partial charge is 0.341 e. The van der Waals surface area contributed by atoms with Crippen molar-refractivity contribution in [2.24, 2.45) is 0 Å². The molecule has 0 radical (unpaired) electrons. The molecular formula is C21H16FN5O3. The standard InChI is InChI=1S/C21H16FN5O3/c1-23-20(28)12-2-7-16-15(10-12)18(25-14-5-3-13(22)4-6-14)17(21(29)30)19(26-16)27-9-8-24-11-27/h2-11H,1H3,(H,23,28)(H,25,26)(H,29,30). The molecule has 150 valence electrons. The van der Waals surface area contributed by atoms with Crippen LogP contribution >= 0.6 is 0 Å². The van der Waals surface area contributed by atoms with Gasteiger partial charge in [0.2, 0.25) is 0 Å². The Hall–Kier alpha value is -4.27. The molecule has 0 saturated heterocycles. The van der Waals surface area contributed by atoms with Gasteiger partial charge in [0.05, 0.1) is 11.2 Å². The van der Waals surface area contributed by atoms with E-state index in [9.17, 15) is 19.1 Å². The lowest BCUT2D eigenvalue weighted by atomic mass is 10.0. The zero-order valence-corrected chi connectivity index (χ0v) is 15.8. The predicted octanol–water partition coefficient (Wildman–Crippen LogP) is 3.36. The van der Waals surface area contributed by atoms with E-state index in [1.807, 2.05) is 0 Å². The Morgan fingerprint density at radius 2 is 1.90 bits per heavy atom. The topological polar surface area (TPSA) is 109 Å². The fourth-order valence-corrected chi connectivity index (χ4v) is 3.12. The van der Waals surface area contributed by atoms with Crippen molar-refractivity contribution in [1.82, 2.24) is 19.9 Å². The molecule has 4 rings (SSSR count). The number of carbonyl (C=O) groups excluding carboxylic acids is 1. The summed E-state index contributed by atoms with van der Waals surface area (Å²) in [7, 11) is 1.51. The molecule has 0 spiro atoms. The first-order chi connectivity index (χ1) is 14.5. The number of imidazole rings is 1. The van der Waals surface area contributed by atoms with Gasteiger partial charge in [-0.15, -0.1) is 0 Å². The molecule has 0 unspecified atom stereocenters. The second kappa shape index (κ2) is 7.63. The molecule has 2 heterocycles. The van der Waals surface area contributed by atoms with Crippen molar-refractivity contribution >= 4 is 34.2 Å². The van der Waals surface area contributed by atoms with Crippen LogP contribution in [-0.4, -0.2) is 38.6 Å². The number of hydrogen-bond donors (Lipinski definition) is 3. The highest BCUT2D eigenvalue weighted by Crippen LogP contribution is 2.34. The van der Waals surface area contributed by atoms with Gasteiger partial charge in [0.15, 0.2) is 5.82 Å². The molecule has 1 amide bonds. The molecule has 2 aromatic carbocycles. The number of carbonyl (C=O) groups is 2. The molecule has 0 atom stereocenters. The number of hydrogen-bond acceptors (Lipinski definition) is 5. The molecular weight excluding hydrogens is 389 g/mol. The normalized spacial score (nSPS) is 10.7. The van der Waals surface area contributed by atoms with Crippen molar-refractivity contribution in [1.29, 1.82) is 0 Å². The third-order valence-electron chi connectivity index (χ3n) is 4.53. The summed E-state index contributed by atoms with van der Waals surface area (Å²) >= 11 is 0. The van der Waals surface area contributed by atoms with Gasteiger partial charge in [-0.3, -0.25) is 9.36 Å². The summed E-state index contributed by atoms with van der Waals surface area (Å²) in [5.74, 6) is -1.80. The van der Waals surface area contributed by atoms with Gasteiger partial charge in [-0.1, -0.05) is 0 Å². The predicted molar refractivity (Wildman–Crippen MR) is 109 cm³/mol. The van der Waals surface area contributed by atoms with Crippen LogP contribution in [0.25, 0.3) is 16.7 Å². The van der Waals surface area contributed by atoms with Crippen molar-refractivity contribution in [3.63, 3.8) is 0 Å². The summed E-state index contributed by atoms with van der Waals surface area (Å²) in [6, 6.07) is 10.3. The number of pyridine rings is 1. The van der Waals surface area contributed by atoms with Crippen LogP contribution in [0.2, 0.25) is 0 Å². The summed E-state index contributed by atoms with van der Waals surface area (Å²) in [5, 5.41) is 16.0. The van der Waals surface area contributed by atoms with Gasteiger partial charge in [0, 0.05) is 36.1 Å². The van der Waals surface area contributed by atoms with E-state index in [1.54, 1.807) is 24.4 Å². The average Bonchev–Trinajstić information content (AvgIpc) is 3.28. The third-order valence-corrected chi connectivity index (χ3v) is 4.53. The maximum Gasteiger partial charge on any atom is 0.341 e. The highest BCUT2D eigenvalue weighted by Gasteiger charge is 2.23. The molecule has 9 heteroatoms. The Kier molecular flexibility index (Phi) is 4.85. The van der Waals surface area contributed by atoms with E-state index in [2.05, 4.69) is 20.6 Å². The highest BCUT2D eigenvalue weighted by molar-refractivity contribution is 6.10. The van der Waals surface area contributed by atoms with Gasteiger partial charge < -0.3 is 15.7 Å². The summed E-state index contributed by atoms with van der Waals surface area (Å²) in [6.45, 7) is 0. The minimum atomic E-state index is -1.22. The molecule has 3 N–H and O–H groups in total. The Bertz CT molecular complexity index is 1250. The largest absolute Gasteiger partial charge is 0.477 e. The summed E-state index contributed by atoms with van der Waals surface area (Å²) in [6.07, 6.45) is 4.54. The fraction of sp³-hybridized carbons (Fsp3) is 0.0476. The number of halogens is 1. The van der Waals surface area contributed by atoms with E-state index in [1.165, 1.54) is 48.4 Å². The maximum atomic E-state index is 13.3. The Morgan fingerprint density at radius 1 is 1.13 bits per heavy atom. The van der Waals surface area contributed by atoms with Crippen LogP contribution in [-0.2, 0) is 0 Å². The van der Waals surface area contributed by atoms with Gasteiger partial charge >= 0.3 is 5.97 Å². The second-order valence-electron chi connectivity index (χ2n) is 6.40. The summed E-state index contributed by atoms with van der Waals surface area (Å²) < 4.78 is 14.8. The first kappa shape index (κ1) is 19.1. The third kappa shape index (κ3) is 3.44. The lowest BCUT2D eigenvalue weighted by molar-refractivity contribution is 0.0697. The first-order valence-corrected chi connectivity index (χ1v) is 8.92. The lowest BCUT2D eigenvalue weighted by Crippen LogP contribution is -2.18. The summed E-state index contributed by atoms with van der Waals surface area (Å²) in [4.78, 5) is 32.8. The van der Waals surface area contributed by atoms with E-state index in [0.29, 0.717) is 22.2 Å². The Balaban J connectivity index is 2.03. The number of carboxylic acid groups (broad SMARTS) is 1. The van der Waals surface area contributed by atoms with Crippen LogP contribution < -0.4 is 10.6 Å². The SMILES string of the molecule is CNC(=O)c1ccc2nc(-n3ccnc3)c(C(=O)O)c(Nc3ccc(F)cc3)c2c1. The Labute approximate surface area is 170 Å². The van der Waals surface area contributed by atoms with Gasteiger partial charge in [0.25, 0.3) is 5.91 Å². The fourth-order valence-electron chi connectivity index (χ4n) is 3.12. The van der Waals surface area contributed by atoms with E-state index < -0.39 is 11.8 Å². The molecule has 0 saturated carbocycles. The first-order valence-electron chi connectivity index (χ1n) is 8.92. The molecule has 0 aliphatic carbocycles. The minimum absolute atomic E-state index is 0.112. The van der Waals surface area contributed by atoms with Crippen molar-refractivity contribution in [3.05, 3.63) is 78.1 Å². The molecule has 0 bridgehead atoms. The van der Waals surface area contributed by atoms with Gasteiger partial charge in [-0.05, 0) is 42.5 Å². The number of benzene rings is 2. The minimum Gasteiger partial charge on any atom is -0.477 e. The molecule has 0 aliphatic heterocycles. The summed E-state index contributed by atoms with van der Waals surface area (Å²) in [5.41, 5.74) is 1.42. The molecule has 4 aromatic rings. The number of aromatic nitrogens is 3. The zero-order valence-electron chi connectivity index (χ0n) is 15.8. The number of carboxylic acids is 1. The van der Waals surface area contributed by atoms with E-state index in [4.69, 9.17) is 0 Å². The van der Waals surface area contributed by atoms with Crippen LogP contribution in [0, 0.1) is 5.82 Å². The Morgan fingerprint density at radius 3 is 2.53 bits per heavy atom. The van der Waals surface area contributed by atoms with Gasteiger partial charge in [-0.25, -0.2) is 19.2 Å². The molecule has 8 nitrogen and oxygen atoms in total. The number of nitrogens with one attached hydrogen (secondary N) is 2. The van der Waals surface area contributed by atoms with Gasteiger partial charge in [-0.2, -0.15) is 0 Å². The van der Waals surface area contributed by atoms with E-state index >= 15 is 0 Å². The zero-order chi connectivity index (χ0) is 21.3. The number of anilines is 2. The molecule has 0 aliphatic rings. The van der Waals surface area contributed by atoms with Crippen molar-refractivity contribution in [2.75, 3.05) is 12.4 Å². The number of fused-ring (bicyclic) bond motifs is 1. The highest BCUT2D eigenvalue weighted by atomic mass is 19.1. The molecule has 30 heavy (non-hydrogen) atoms. The second-order valence-corrected chi connectivity index (χ2v) is 6.40. The number of amides is 1. The number of aromatic carboxylic acids is 1. The van der Waals surface area contributed by atoms with Gasteiger partial charge in [0.1, 0.15) is 17.7 Å². The quantitative estimate of drug-likeness (QED) is 0.470. The van der Waals surface area contributed by atoms with Crippen LogP contribution in [0.4, 0.5) is 15.8 Å². The number of rotatable bonds is 5. The van der Waals surface area contributed by atoms with Crippen LogP contribution in [0.1, 0.15) is 20.7 Å². The van der Waals surface area contributed by atoms with E-state index in [0.717, 1.165) is 0 Å². The molecule has 0 fully saturated rings. The number of nitrogens with zero attached hydrogens (tertiary/aromatic N) is 3. The lowest BCUT2D eigenvalue weighted by Gasteiger charge is -2.17. The van der Waals surface area contributed by atoms with Crippen LogP contribution in [0.15, 0.2) is 61.2 Å². The maximum absolute atomic E-state index is 13.3. The van der Waals surface area contributed by atoms with Crippen molar-refractivity contribution in [3.8, 4) is 5.82 Å². The van der Waals surface area contributed by atoms with E-state index in [-0.39, 0.29) is 23.0 Å². The van der Waals surface area contributed by atoms with Crippen molar-refractivity contribution in [2.45, 2.75) is 0 Å². The van der Waals surface area contributed by atoms with Crippen LogP contribution in [0.3, 0.4) is 0 Å².